The van der Waals surface area contributed by atoms with Crippen LogP contribution < -0.4 is 0 Å². The minimum atomic E-state index is -0.561. The van der Waals surface area contributed by atoms with Gasteiger partial charge in [0.05, 0.1) is 12.2 Å². The highest BCUT2D eigenvalue weighted by atomic mass is 35.5. The number of halogens is 2. The van der Waals surface area contributed by atoms with E-state index in [9.17, 15) is 14.0 Å². The predicted octanol–water partition coefficient (Wildman–Crippen LogP) is 4.52. The van der Waals surface area contributed by atoms with Crippen LogP contribution in [0.1, 0.15) is 66.8 Å². The molecule has 1 saturated heterocycles. The number of H-pyrrole nitrogens is 1. The number of benzene rings is 1. The van der Waals surface area contributed by atoms with Gasteiger partial charge in [0.15, 0.2) is 5.69 Å². The monoisotopic (exact) mass is 462 g/mol. The molecule has 2 aliphatic heterocycles. The molecule has 1 N–H and O–H groups in total. The summed E-state index contributed by atoms with van der Waals surface area (Å²) in [6.07, 6.45) is 1.60. The Bertz CT molecular complexity index is 1020. The van der Waals surface area contributed by atoms with Gasteiger partial charge in [-0.05, 0) is 69.7 Å². The highest BCUT2D eigenvalue weighted by Gasteiger charge is 2.33. The number of hydrogen-bond acceptors (Lipinski definition) is 4. The first-order valence-corrected chi connectivity index (χ1v) is 11.3. The van der Waals surface area contributed by atoms with Gasteiger partial charge in [0.1, 0.15) is 11.4 Å². The summed E-state index contributed by atoms with van der Waals surface area (Å²) in [6.45, 7) is 7.42. The fourth-order valence-corrected chi connectivity index (χ4v) is 4.62. The summed E-state index contributed by atoms with van der Waals surface area (Å²) in [4.78, 5) is 28.9. The van der Waals surface area contributed by atoms with E-state index in [-0.39, 0.29) is 23.7 Å². The first-order valence-electron chi connectivity index (χ1n) is 10.9. The lowest BCUT2D eigenvalue weighted by Crippen LogP contribution is -2.41. The Labute approximate surface area is 191 Å². The van der Waals surface area contributed by atoms with Crippen molar-refractivity contribution >= 4 is 23.6 Å². The Hall–Kier alpha value is -2.61. The van der Waals surface area contributed by atoms with Gasteiger partial charge in [-0.3, -0.25) is 9.89 Å². The normalized spacial score (nSPS) is 17.3. The maximum Gasteiger partial charge on any atom is 0.410 e. The number of rotatable bonds is 2. The molecule has 172 valence electrons. The lowest BCUT2D eigenvalue weighted by atomic mass is 9.89. The van der Waals surface area contributed by atoms with Gasteiger partial charge in [0.25, 0.3) is 5.91 Å². The minimum absolute atomic E-state index is 0.114. The zero-order chi connectivity index (χ0) is 23.0. The quantitative estimate of drug-likeness (QED) is 0.712. The van der Waals surface area contributed by atoms with E-state index in [0.717, 1.165) is 16.8 Å². The molecule has 4 rings (SSSR count). The molecular formula is C23H28ClFN4O3. The maximum absolute atomic E-state index is 13.6. The number of amides is 2. The van der Waals surface area contributed by atoms with Gasteiger partial charge in [0.2, 0.25) is 0 Å². The molecule has 7 nitrogen and oxygen atoms in total. The molecular weight excluding hydrogens is 435 g/mol. The number of fused-ring (bicyclic) bond motifs is 1. The third kappa shape index (κ3) is 4.75. The van der Waals surface area contributed by atoms with Gasteiger partial charge < -0.3 is 14.5 Å². The second-order valence-electron chi connectivity index (χ2n) is 9.41. The zero-order valence-corrected chi connectivity index (χ0v) is 19.3. The summed E-state index contributed by atoms with van der Waals surface area (Å²) < 4.78 is 19.1. The van der Waals surface area contributed by atoms with E-state index in [2.05, 4.69) is 10.2 Å². The van der Waals surface area contributed by atoms with Gasteiger partial charge in [0, 0.05) is 30.2 Å². The Morgan fingerprint density at radius 2 is 1.91 bits per heavy atom. The van der Waals surface area contributed by atoms with Crippen LogP contribution in [0.4, 0.5) is 9.18 Å². The Balaban J connectivity index is 1.40. The smallest absolute Gasteiger partial charge is 0.410 e. The van der Waals surface area contributed by atoms with Gasteiger partial charge in [-0.15, -0.1) is 0 Å². The minimum Gasteiger partial charge on any atom is -0.444 e. The van der Waals surface area contributed by atoms with Crippen molar-refractivity contribution in [2.45, 2.75) is 58.1 Å². The van der Waals surface area contributed by atoms with Crippen LogP contribution in [0, 0.1) is 5.82 Å². The van der Waals surface area contributed by atoms with Crippen molar-refractivity contribution in [3.05, 3.63) is 51.6 Å². The molecule has 32 heavy (non-hydrogen) atoms. The molecule has 1 aromatic heterocycles. The summed E-state index contributed by atoms with van der Waals surface area (Å²) in [5.74, 6) is -0.291. The molecule has 3 heterocycles. The molecule has 1 aromatic carbocycles. The number of likely N-dealkylation sites (tertiary alicyclic amines) is 1. The van der Waals surface area contributed by atoms with Crippen molar-refractivity contribution in [3.8, 4) is 0 Å². The molecule has 9 heteroatoms. The Kier molecular flexibility index (Phi) is 6.16. The molecule has 1 fully saturated rings. The molecule has 0 bridgehead atoms. The van der Waals surface area contributed by atoms with Gasteiger partial charge >= 0.3 is 6.09 Å². The highest BCUT2D eigenvalue weighted by molar-refractivity contribution is 6.31. The van der Waals surface area contributed by atoms with Gasteiger partial charge in [-0.25, -0.2) is 9.18 Å². The van der Waals surface area contributed by atoms with Crippen LogP contribution in [-0.4, -0.2) is 57.2 Å². The van der Waals surface area contributed by atoms with Crippen molar-refractivity contribution in [2.75, 3.05) is 19.6 Å². The number of ether oxygens (including phenoxy) is 1. The number of aromatic amines is 1. The lowest BCUT2D eigenvalue weighted by molar-refractivity contribution is 0.0221. The van der Waals surface area contributed by atoms with Crippen molar-refractivity contribution in [1.29, 1.82) is 0 Å². The third-order valence-corrected chi connectivity index (χ3v) is 6.31. The van der Waals surface area contributed by atoms with E-state index in [0.29, 0.717) is 56.2 Å². The van der Waals surface area contributed by atoms with Crippen LogP contribution in [-0.2, 0) is 17.7 Å². The standard InChI is InChI=1S/C23H28ClFN4O3/c1-23(2,3)32-22(31)29-11-8-16-19(13-29)26-27-20(16)21(30)28-9-6-14(7-10-28)17-12-15(25)4-5-18(17)24/h4-5,12,14H,6-11,13H2,1-3H3,(H,26,27). The van der Waals surface area contributed by atoms with E-state index < -0.39 is 5.60 Å². The SMILES string of the molecule is CC(C)(C)OC(=O)N1CCc2c(C(=O)N3CCC(c4cc(F)ccc4Cl)CC3)n[nH]c2C1. The number of nitrogens with zero attached hydrogens (tertiary/aromatic N) is 3. The maximum atomic E-state index is 13.6. The third-order valence-electron chi connectivity index (χ3n) is 5.97. The van der Waals surface area contributed by atoms with Gasteiger partial charge in [-0.2, -0.15) is 5.10 Å². The van der Waals surface area contributed by atoms with Crippen LogP contribution in [0.15, 0.2) is 18.2 Å². The summed E-state index contributed by atoms with van der Waals surface area (Å²) in [6, 6.07) is 4.43. The average molecular weight is 463 g/mol. The number of aromatic nitrogens is 2. The van der Waals surface area contributed by atoms with E-state index >= 15 is 0 Å². The topological polar surface area (TPSA) is 78.5 Å². The van der Waals surface area contributed by atoms with Crippen LogP contribution in [0.2, 0.25) is 5.02 Å². The van der Waals surface area contributed by atoms with Crippen LogP contribution in [0.3, 0.4) is 0 Å². The summed E-state index contributed by atoms with van der Waals surface area (Å²) >= 11 is 6.26. The number of piperidine rings is 1. The molecule has 2 amide bonds. The molecule has 0 unspecified atom stereocenters. The van der Waals surface area contributed by atoms with Crippen molar-refractivity contribution in [3.63, 3.8) is 0 Å². The molecule has 0 atom stereocenters. The summed E-state index contributed by atoms with van der Waals surface area (Å²) in [5.41, 5.74) is 2.30. The van der Waals surface area contributed by atoms with E-state index in [1.165, 1.54) is 12.1 Å². The number of carbonyl (C=O) groups is 2. The first-order chi connectivity index (χ1) is 15.1. The summed E-state index contributed by atoms with van der Waals surface area (Å²) in [7, 11) is 0. The van der Waals surface area contributed by atoms with Crippen LogP contribution in [0.5, 0.6) is 0 Å². The van der Waals surface area contributed by atoms with Crippen molar-refractivity contribution in [1.82, 2.24) is 20.0 Å². The molecule has 0 aliphatic carbocycles. The number of nitrogens with one attached hydrogen (secondary N) is 1. The molecule has 0 spiro atoms. The number of hydrogen-bond donors (Lipinski definition) is 1. The van der Waals surface area contributed by atoms with Crippen LogP contribution in [0.25, 0.3) is 0 Å². The average Bonchev–Trinajstić information content (AvgIpc) is 3.17. The lowest BCUT2D eigenvalue weighted by Gasteiger charge is -2.33. The van der Waals surface area contributed by atoms with E-state index in [1.807, 2.05) is 20.8 Å². The number of carbonyl (C=O) groups excluding carboxylic acids is 2. The van der Waals surface area contributed by atoms with E-state index in [1.54, 1.807) is 15.9 Å². The zero-order valence-electron chi connectivity index (χ0n) is 18.6. The van der Waals surface area contributed by atoms with Crippen molar-refractivity contribution < 1.29 is 18.7 Å². The first kappa shape index (κ1) is 22.6. The second-order valence-corrected chi connectivity index (χ2v) is 9.82. The van der Waals surface area contributed by atoms with Crippen LogP contribution >= 0.6 is 11.6 Å². The molecule has 0 saturated carbocycles. The summed E-state index contributed by atoms with van der Waals surface area (Å²) in [5, 5.41) is 7.78. The molecule has 2 aliphatic rings. The fourth-order valence-electron chi connectivity index (χ4n) is 4.35. The van der Waals surface area contributed by atoms with E-state index in [4.69, 9.17) is 16.3 Å². The predicted molar refractivity (Wildman–Crippen MR) is 118 cm³/mol. The molecule has 2 aromatic rings. The Morgan fingerprint density at radius 1 is 1.19 bits per heavy atom. The highest BCUT2D eigenvalue weighted by Crippen LogP contribution is 2.34. The largest absolute Gasteiger partial charge is 0.444 e. The molecule has 0 radical (unpaired) electrons. The van der Waals surface area contributed by atoms with Gasteiger partial charge in [-0.1, -0.05) is 11.6 Å². The fraction of sp³-hybridized carbons (Fsp3) is 0.522. The second kappa shape index (κ2) is 8.73. The Morgan fingerprint density at radius 3 is 2.59 bits per heavy atom. The van der Waals surface area contributed by atoms with Crippen molar-refractivity contribution in [2.24, 2.45) is 0 Å².